The van der Waals surface area contributed by atoms with Crippen LogP contribution < -0.4 is 5.32 Å². The Morgan fingerprint density at radius 2 is 1.68 bits per heavy atom. The zero-order chi connectivity index (χ0) is 18.4. The number of benzene rings is 2. The van der Waals surface area contributed by atoms with Gasteiger partial charge in [0, 0.05) is 13.6 Å². The van der Waals surface area contributed by atoms with Crippen molar-refractivity contribution in [3.63, 3.8) is 0 Å². The average molecular weight is 338 g/mol. The van der Waals surface area contributed by atoms with Crippen molar-refractivity contribution >= 4 is 11.8 Å². The van der Waals surface area contributed by atoms with Crippen LogP contribution in [0.1, 0.15) is 29.2 Å². The highest BCUT2D eigenvalue weighted by Gasteiger charge is 2.25. The van der Waals surface area contributed by atoms with E-state index in [0.29, 0.717) is 6.54 Å². The van der Waals surface area contributed by atoms with Crippen LogP contribution in [0.2, 0.25) is 0 Å². The van der Waals surface area contributed by atoms with Crippen LogP contribution in [0, 0.1) is 13.8 Å². The summed E-state index contributed by atoms with van der Waals surface area (Å²) >= 11 is 0. The standard InChI is InChI=1S/C21H26N2O2/c1-15-10-11-19(12-16(15)2)13-20(24)23(17(3)21(25)22-4)14-18-8-6-5-7-9-18/h5-12,17H,13-14H2,1-4H3,(H,22,25). The number of nitrogens with zero attached hydrogens (tertiary/aromatic N) is 1. The molecular weight excluding hydrogens is 312 g/mol. The van der Waals surface area contributed by atoms with Crippen LogP contribution >= 0.6 is 0 Å². The van der Waals surface area contributed by atoms with Crippen molar-refractivity contribution in [2.75, 3.05) is 7.05 Å². The Bertz CT molecular complexity index is 741. The molecule has 0 saturated carbocycles. The minimum absolute atomic E-state index is 0.0526. The van der Waals surface area contributed by atoms with Crippen LogP contribution in [0.4, 0.5) is 0 Å². The SMILES string of the molecule is CNC(=O)C(C)N(Cc1ccccc1)C(=O)Cc1ccc(C)c(C)c1. The smallest absolute Gasteiger partial charge is 0.242 e. The zero-order valence-electron chi connectivity index (χ0n) is 15.4. The molecule has 1 N–H and O–H groups in total. The molecule has 0 radical (unpaired) electrons. The van der Waals surface area contributed by atoms with Gasteiger partial charge in [-0.25, -0.2) is 0 Å². The molecule has 0 heterocycles. The van der Waals surface area contributed by atoms with Crippen LogP contribution in [-0.2, 0) is 22.6 Å². The molecule has 0 aliphatic carbocycles. The first-order valence-corrected chi connectivity index (χ1v) is 8.53. The average Bonchev–Trinajstić information content (AvgIpc) is 2.62. The molecule has 0 spiro atoms. The van der Waals surface area contributed by atoms with Gasteiger partial charge >= 0.3 is 0 Å². The molecule has 0 saturated heterocycles. The number of carbonyl (C=O) groups excluding carboxylic acids is 2. The molecule has 0 aliphatic rings. The number of carbonyl (C=O) groups is 2. The van der Waals surface area contributed by atoms with Gasteiger partial charge in [-0.2, -0.15) is 0 Å². The van der Waals surface area contributed by atoms with E-state index in [1.165, 1.54) is 11.1 Å². The highest BCUT2D eigenvalue weighted by molar-refractivity contribution is 5.88. The summed E-state index contributed by atoms with van der Waals surface area (Å²) in [5.74, 6) is -0.215. The molecule has 0 aromatic heterocycles. The third-order valence-corrected chi connectivity index (χ3v) is 4.54. The van der Waals surface area contributed by atoms with E-state index in [2.05, 4.69) is 12.2 Å². The zero-order valence-corrected chi connectivity index (χ0v) is 15.4. The number of amides is 2. The second kappa shape index (κ2) is 8.47. The summed E-state index contributed by atoms with van der Waals surface area (Å²) in [7, 11) is 1.59. The molecule has 4 nitrogen and oxygen atoms in total. The largest absolute Gasteiger partial charge is 0.357 e. The second-order valence-electron chi connectivity index (χ2n) is 6.39. The first-order valence-electron chi connectivity index (χ1n) is 8.53. The maximum absolute atomic E-state index is 12.9. The third-order valence-electron chi connectivity index (χ3n) is 4.54. The Kier molecular flexibility index (Phi) is 6.34. The molecule has 4 heteroatoms. The summed E-state index contributed by atoms with van der Waals surface area (Å²) in [5.41, 5.74) is 4.34. The van der Waals surface area contributed by atoms with Crippen molar-refractivity contribution < 1.29 is 9.59 Å². The highest BCUT2D eigenvalue weighted by Crippen LogP contribution is 2.15. The minimum Gasteiger partial charge on any atom is -0.357 e. The molecule has 0 aliphatic heterocycles. The van der Waals surface area contributed by atoms with Gasteiger partial charge in [-0.05, 0) is 43.0 Å². The predicted octanol–water partition coefficient (Wildman–Crippen LogP) is 3.01. The highest BCUT2D eigenvalue weighted by atomic mass is 16.2. The Morgan fingerprint density at radius 1 is 1.00 bits per heavy atom. The lowest BCUT2D eigenvalue weighted by atomic mass is 10.0. The van der Waals surface area contributed by atoms with Crippen LogP contribution in [0.5, 0.6) is 0 Å². The Labute approximate surface area is 149 Å². The summed E-state index contributed by atoms with van der Waals surface area (Å²) in [6.07, 6.45) is 0.287. The number of hydrogen-bond donors (Lipinski definition) is 1. The molecule has 2 rings (SSSR count). The van der Waals surface area contributed by atoms with E-state index in [0.717, 1.165) is 11.1 Å². The Morgan fingerprint density at radius 3 is 2.28 bits per heavy atom. The molecule has 1 atom stereocenters. The fourth-order valence-corrected chi connectivity index (χ4v) is 2.76. The van der Waals surface area contributed by atoms with Crippen LogP contribution in [0.15, 0.2) is 48.5 Å². The van der Waals surface area contributed by atoms with Gasteiger partial charge in [0.2, 0.25) is 11.8 Å². The fraction of sp³-hybridized carbons (Fsp3) is 0.333. The number of likely N-dealkylation sites (N-methyl/N-ethyl adjacent to an activating group) is 1. The maximum atomic E-state index is 12.9. The van der Waals surface area contributed by atoms with Crippen molar-refractivity contribution in [1.82, 2.24) is 10.2 Å². The van der Waals surface area contributed by atoms with Crippen molar-refractivity contribution in [2.24, 2.45) is 0 Å². The lowest BCUT2D eigenvalue weighted by Gasteiger charge is -2.28. The quantitative estimate of drug-likeness (QED) is 0.880. The molecule has 2 aromatic rings. The van der Waals surface area contributed by atoms with E-state index < -0.39 is 6.04 Å². The number of hydrogen-bond acceptors (Lipinski definition) is 2. The minimum atomic E-state index is -0.524. The van der Waals surface area contributed by atoms with E-state index in [9.17, 15) is 9.59 Å². The van der Waals surface area contributed by atoms with E-state index in [4.69, 9.17) is 0 Å². The van der Waals surface area contributed by atoms with Gasteiger partial charge < -0.3 is 10.2 Å². The molecule has 2 amide bonds. The fourth-order valence-electron chi connectivity index (χ4n) is 2.76. The van der Waals surface area contributed by atoms with Gasteiger partial charge in [-0.3, -0.25) is 9.59 Å². The van der Waals surface area contributed by atoms with E-state index in [-0.39, 0.29) is 18.2 Å². The number of nitrogens with one attached hydrogen (secondary N) is 1. The van der Waals surface area contributed by atoms with E-state index in [1.807, 2.05) is 55.5 Å². The second-order valence-corrected chi connectivity index (χ2v) is 6.39. The monoisotopic (exact) mass is 338 g/mol. The Balaban J connectivity index is 2.22. The molecule has 0 fully saturated rings. The van der Waals surface area contributed by atoms with Crippen LogP contribution in [0.3, 0.4) is 0 Å². The molecule has 132 valence electrons. The van der Waals surface area contributed by atoms with Crippen LogP contribution in [0.25, 0.3) is 0 Å². The normalized spacial score (nSPS) is 11.7. The molecular formula is C21H26N2O2. The lowest BCUT2D eigenvalue weighted by molar-refractivity contribution is -0.139. The molecule has 0 bridgehead atoms. The summed E-state index contributed by atoms with van der Waals surface area (Å²) in [6, 6.07) is 15.3. The topological polar surface area (TPSA) is 49.4 Å². The van der Waals surface area contributed by atoms with Crippen molar-refractivity contribution in [3.8, 4) is 0 Å². The van der Waals surface area contributed by atoms with Gasteiger partial charge in [0.05, 0.1) is 6.42 Å². The maximum Gasteiger partial charge on any atom is 0.242 e. The Hall–Kier alpha value is -2.62. The predicted molar refractivity (Wildman–Crippen MR) is 100 cm³/mol. The number of aryl methyl sites for hydroxylation is 2. The molecule has 1 unspecified atom stereocenters. The molecule has 25 heavy (non-hydrogen) atoms. The summed E-state index contributed by atoms with van der Waals surface area (Å²) in [4.78, 5) is 26.7. The van der Waals surface area contributed by atoms with Crippen molar-refractivity contribution in [1.29, 1.82) is 0 Å². The van der Waals surface area contributed by atoms with E-state index in [1.54, 1.807) is 18.9 Å². The molecule has 2 aromatic carbocycles. The summed E-state index contributed by atoms with van der Waals surface area (Å²) in [5, 5.41) is 2.63. The summed E-state index contributed by atoms with van der Waals surface area (Å²) in [6.45, 7) is 6.27. The van der Waals surface area contributed by atoms with Gasteiger partial charge in [-0.1, -0.05) is 48.5 Å². The third kappa shape index (κ3) is 4.92. The first kappa shape index (κ1) is 18.7. The van der Waals surface area contributed by atoms with Crippen molar-refractivity contribution in [2.45, 2.75) is 39.8 Å². The van der Waals surface area contributed by atoms with Gasteiger partial charge in [0.15, 0.2) is 0 Å². The van der Waals surface area contributed by atoms with Crippen molar-refractivity contribution in [3.05, 3.63) is 70.8 Å². The summed E-state index contributed by atoms with van der Waals surface area (Å²) < 4.78 is 0. The van der Waals surface area contributed by atoms with Gasteiger partial charge in [0.1, 0.15) is 6.04 Å². The first-order chi connectivity index (χ1) is 11.9. The lowest BCUT2D eigenvalue weighted by Crippen LogP contribution is -2.47. The number of rotatable bonds is 6. The van der Waals surface area contributed by atoms with Gasteiger partial charge in [0.25, 0.3) is 0 Å². The van der Waals surface area contributed by atoms with E-state index >= 15 is 0 Å². The van der Waals surface area contributed by atoms with Crippen LogP contribution in [-0.4, -0.2) is 29.8 Å². The van der Waals surface area contributed by atoms with Gasteiger partial charge in [-0.15, -0.1) is 0 Å².